The second-order valence-corrected chi connectivity index (χ2v) is 4.66. The van der Waals surface area contributed by atoms with Crippen LogP contribution >= 0.6 is 0 Å². The summed E-state index contributed by atoms with van der Waals surface area (Å²) in [5.74, 6) is 0.982. The quantitative estimate of drug-likeness (QED) is 0.844. The minimum absolute atomic E-state index is 0.302. The number of carbonyl (C=O) groups is 1. The van der Waals surface area contributed by atoms with Gasteiger partial charge in [-0.05, 0) is 31.0 Å². The molecule has 100 valence electrons. The molecule has 4 nitrogen and oxygen atoms in total. The lowest BCUT2D eigenvalue weighted by molar-refractivity contribution is 0.146. The number of benzene rings is 1. The molecule has 2 N–H and O–H groups in total. The van der Waals surface area contributed by atoms with Gasteiger partial charge in [-0.15, -0.1) is 0 Å². The molecule has 0 saturated heterocycles. The van der Waals surface area contributed by atoms with Crippen molar-refractivity contribution in [2.24, 2.45) is 11.7 Å². The lowest BCUT2D eigenvalue weighted by atomic mass is 10.2. The maximum absolute atomic E-state index is 12.0. The summed E-state index contributed by atoms with van der Waals surface area (Å²) in [5, 5.41) is 0. The van der Waals surface area contributed by atoms with Gasteiger partial charge in [0.15, 0.2) is 0 Å². The van der Waals surface area contributed by atoms with Crippen molar-refractivity contribution >= 4 is 6.09 Å². The molecule has 18 heavy (non-hydrogen) atoms. The van der Waals surface area contributed by atoms with E-state index in [1.54, 1.807) is 17.0 Å². The molecule has 1 aromatic rings. The predicted molar refractivity (Wildman–Crippen MR) is 72.5 cm³/mol. The molecule has 4 heteroatoms. The minimum atomic E-state index is -0.302. The zero-order chi connectivity index (χ0) is 13.4. The van der Waals surface area contributed by atoms with Gasteiger partial charge in [0, 0.05) is 13.1 Å². The summed E-state index contributed by atoms with van der Waals surface area (Å²) < 4.78 is 5.32. The summed E-state index contributed by atoms with van der Waals surface area (Å²) in [6, 6.07) is 9.12. The highest BCUT2D eigenvalue weighted by molar-refractivity contribution is 5.70. The minimum Gasteiger partial charge on any atom is -0.410 e. The van der Waals surface area contributed by atoms with Crippen LogP contribution in [0.25, 0.3) is 0 Å². The van der Waals surface area contributed by atoms with Crippen LogP contribution in [-0.4, -0.2) is 30.6 Å². The van der Waals surface area contributed by atoms with E-state index in [0.29, 0.717) is 31.3 Å². The smallest absolute Gasteiger partial charge is 0.410 e. The Morgan fingerprint density at radius 1 is 1.33 bits per heavy atom. The molecule has 0 atom stereocenters. The van der Waals surface area contributed by atoms with Gasteiger partial charge in [-0.2, -0.15) is 0 Å². The summed E-state index contributed by atoms with van der Waals surface area (Å²) in [6.07, 6.45) is 0.486. The maximum atomic E-state index is 12.0. The molecule has 0 heterocycles. The first kappa shape index (κ1) is 14.5. The summed E-state index contributed by atoms with van der Waals surface area (Å²) in [7, 11) is 0. The highest BCUT2D eigenvalue weighted by Crippen LogP contribution is 2.11. The van der Waals surface area contributed by atoms with Crippen LogP contribution < -0.4 is 10.5 Å². The van der Waals surface area contributed by atoms with E-state index in [4.69, 9.17) is 10.5 Å². The Morgan fingerprint density at radius 3 is 2.56 bits per heavy atom. The van der Waals surface area contributed by atoms with Crippen molar-refractivity contribution in [3.8, 4) is 5.75 Å². The van der Waals surface area contributed by atoms with Crippen LogP contribution in [0.3, 0.4) is 0 Å². The summed E-state index contributed by atoms with van der Waals surface area (Å²) in [5.41, 5.74) is 5.48. The molecule has 0 aliphatic rings. The van der Waals surface area contributed by atoms with Gasteiger partial charge >= 0.3 is 6.09 Å². The van der Waals surface area contributed by atoms with Crippen LogP contribution in [-0.2, 0) is 0 Å². The zero-order valence-electron chi connectivity index (χ0n) is 11.1. The van der Waals surface area contributed by atoms with Crippen molar-refractivity contribution in [3.05, 3.63) is 30.3 Å². The Morgan fingerprint density at radius 2 is 2.00 bits per heavy atom. The Kier molecular flexibility index (Phi) is 6.22. The van der Waals surface area contributed by atoms with E-state index in [-0.39, 0.29) is 6.09 Å². The number of rotatable bonds is 6. The third-order valence-electron chi connectivity index (χ3n) is 2.42. The third kappa shape index (κ3) is 5.19. The van der Waals surface area contributed by atoms with E-state index in [1.165, 1.54) is 0 Å². The Labute approximate surface area is 109 Å². The fraction of sp³-hybridized carbons (Fsp3) is 0.500. The summed E-state index contributed by atoms with van der Waals surface area (Å²) in [4.78, 5) is 13.7. The molecule has 0 radical (unpaired) electrons. The summed E-state index contributed by atoms with van der Waals surface area (Å²) >= 11 is 0. The van der Waals surface area contributed by atoms with Crippen LogP contribution in [0.4, 0.5) is 4.79 Å². The Bertz CT molecular complexity index is 352. The molecule has 0 saturated carbocycles. The molecule has 0 unspecified atom stereocenters. The van der Waals surface area contributed by atoms with Crippen molar-refractivity contribution in [3.63, 3.8) is 0 Å². The predicted octanol–water partition coefficient (Wildman–Crippen LogP) is 2.49. The zero-order valence-corrected chi connectivity index (χ0v) is 11.1. The molecule has 1 aromatic carbocycles. The van der Waals surface area contributed by atoms with Crippen molar-refractivity contribution in [2.75, 3.05) is 19.6 Å². The third-order valence-corrected chi connectivity index (χ3v) is 2.42. The largest absolute Gasteiger partial charge is 0.415 e. The normalized spacial score (nSPS) is 10.4. The molecular formula is C14H22N2O2. The van der Waals surface area contributed by atoms with Crippen molar-refractivity contribution in [1.29, 1.82) is 0 Å². The number of hydrogen-bond acceptors (Lipinski definition) is 3. The highest BCUT2D eigenvalue weighted by Gasteiger charge is 2.16. The molecule has 1 rings (SSSR count). The number of hydrogen-bond donors (Lipinski definition) is 1. The molecule has 1 amide bonds. The molecule has 0 spiro atoms. The van der Waals surface area contributed by atoms with Crippen LogP contribution in [0, 0.1) is 5.92 Å². The number of nitrogens with two attached hydrogens (primary N) is 1. The maximum Gasteiger partial charge on any atom is 0.415 e. The Balaban J connectivity index is 2.58. The lowest BCUT2D eigenvalue weighted by Crippen LogP contribution is -2.37. The average Bonchev–Trinajstić information content (AvgIpc) is 2.35. The second kappa shape index (κ2) is 7.71. The van der Waals surface area contributed by atoms with Gasteiger partial charge in [0.2, 0.25) is 0 Å². The van der Waals surface area contributed by atoms with E-state index in [1.807, 2.05) is 18.2 Å². The van der Waals surface area contributed by atoms with E-state index in [9.17, 15) is 4.79 Å². The fourth-order valence-electron chi connectivity index (χ4n) is 1.63. The number of carbonyl (C=O) groups excluding carboxylic acids is 1. The van der Waals surface area contributed by atoms with Crippen LogP contribution in [0.1, 0.15) is 20.3 Å². The first-order valence-electron chi connectivity index (χ1n) is 6.35. The van der Waals surface area contributed by atoms with Crippen LogP contribution in [0.5, 0.6) is 5.75 Å². The van der Waals surface area contributed by atoms with E-state index >= 15 is 0 Å². The second-order valence-electron chi connectivity index (χ2n) is 4.66. The van der Waals surface area contributed by atoms with Gasteiger partial charge in [0.25, 0.3) is 0 Å². The average molecular weight is 250 g/mol. The number of para-hydroxylation sites is 1. The van der Waals surface area contributed by atoms with Gasteiger partial charge in [0.1, 0.15) is 5.75 Å². The first-order valence-corrected chi connectivity index (χ1v) is 6.35. The highest BCUT2D eigenvalue weighted by atomic mass is 16.6. The molecule has 0 fully saturated rings. The van der Waals surface area contributed by atoms with E-state index < -0.39 is 0 Å². The van der Waals surface area contributed by atoms with Crippen molar-refractivity contribution in [1.82, 2.24) is 4.90 Å². The molecular weight excluding hydrogens is 228 g/mol. The topological polar surface area (TPSA) is 55.6 Å². The van der Waals surface area contributed by atoms with Gasteiger partial charge in [-0.25, -0.2) is 4.79 Å². The van der Waals surface area contributed by atoms with Crippen LogP contribution in [0.2, 0.25) is 0 Å². The summed E-state index contributed by atoms with van der Waals surface area (Å²) in [6.45, 7) is 6.05. The van der Waals surface area contributed by atoms with Gasteiger partial charge in [-0.1, -0.05) is 32.0 Å². The fourth-order valence-corrected chi connectivity index (χ4v) is 1.63. The van der Waals surface area contributed by atoms with Crippen molar-refractivity contribution in [2.45, 2.75) is 20.3 Å². The molecule has 0 bridgehead atoms. The van der Waals surface area contributed by atoms with Crippen molar-refractivity contribution < 1.29 is 9.53 Å². The number of amides is 1. The van der Waals surface area contributed by atoms with Gasteiger partial charge < -0.3 is 15.4 Å². The molecule has 0 aromatic heterocycles. The number of ether oxygens (including phenoxy) is 1. The molecule has 0 aliphatic heterocycles. The SMILES string of the molecule is CC(C)CN(CCCN)C(=O)Oc1ccccc1. The van der Waals surface area contributed by atoms with E-state index in [0.717, 1.165) is 6.42 Å². The van der Waals surface area contributed by atoms with E-state index in [2.05, 4.69) is 13.8 Å². The molecule has 0 aliphatic carbocycles. The standard InChI is InChI=1S/C14H22N2O2/c1-12(2)11-16(10-6-9-15)14(17)18-13-7-4-3-5-8-13/h3-5,7-8,12H,6,9-11,15H2,1-2H3. The Hall–Kier alpha value is -1.55. The first-order chi connectivity index (χ1) is 8.63. The monoisotopic (exact) mass is 250 g/mol. The van der Waals surface area contributed by atoms with Gasteiger partial charge in [-0.3, -0.25) is 0 Å². The lowest BCUT2D eigenvalue weighted by Gasteiger charge is -2.23. The van der Waals surface area contributed by atoms with Gasteiger partial charge in [0.05, 0.1) is 0 Å². The van der Waals surface area contributed by atoms with Crippen LogP contribution in [0.15, 0.2) is 30.3 Å². The number of nitrogens with zero attached hydrogens (tertiary/aromatic N) is 1.